The summed E-state index contributed by atoms with van der Waals surface area (Å²) in [4.78, 5) is 4.63. The van der Waals surface area contributed by atoms with E-state index >= 15 is 0 Å². The van der Waals surface area contributed by atoms with E-state index in [1.165, 1.54) is 24.1 Å². The molecule has 1 aliphatic rings. The van der Waals surface area contributed by atoms with Crippen LogP contribution >= 0.6 is 0 Å². The van der Waals surface area contributed by atoms with Crippen LogP contribution in [0.25, 0.3) is 10.9 Å². The number of benzene rings is 2. The molecule has 0 spiro atoms. The largest absolute Gasteiger partial charge is 0.493 e. The highest BCUT2D eigenvalue weighted by Gasteiger charge is 2.25. The summed E-state index contributed by atoms with van der Waals surface area (Å²) >= 11 is 0. The van der Waals surface area contributed by atoms with Gasteiger partial charge in [-0.15, -0.1) is 0 Å². The first-order valence-corrected chi connectivity index (χ1v) is 10.7. The zero-order valence-corrected chi connectivity index (χ0v) is 17.4. The Kier molecular flexibility index (Phi) is 6.30. The van der Waals surface area contributed by atoms with Crippen LogP contribution in [0.2, 0.25) is 0 Å². The van der Waals surface area contributed by atoms with Crippen LogP contribution in [0, 0.1) is 12.8 Å². The summed E-state index contributed by atoms with van der Waals surface area (Å²) in [6.45, 7) is 4.96. The third-order valence-electron chi connectivity index (χ3n) is 6.07. The molecule has 0 radical (unpaired) electrons. The lowest BCUT2D eigenvalue weighted by atomic mass is 9.78. The zero-order valence-electron chi connectivity index (χ0n) is 17.4. The van der Waals surface area contributed by atoms with Crippen molar-refractivity contribution in [3.63, 3.8) is 0 Å². The van der Waals surface area contributed by atoms with Gasteiger partial charge in [-0.25, -0.2) is 0 Å². The van der Waals surface area contributed by atoms with Gasteiger partial charge >= 0.3 is 0 Å². The summed E-state index contributed by atoms with van der Waals surface area (Å²) in [5.74, 6) is 2.15. The maximum Gasteiger partial charge on any atom is 0.128 e. The maximum absolute atomic E-state index is 6.29. The standard InChI is InChI=1S/C25H31N3O/c1-18-9-10-23-24(28-18)7-4-8-25(23)29-16-13-22(19-11-14-27-15-12-19)20-5-3-6-21(17-20)26-2/h3-10,17,19,22,26-27H,11-16H2,1-2H3. The summed E-state index contributed by atoms with van der Waals surface area (Å²) in [7, 11) is 1.98. The van der Waals surface area contributed by atoms with Crippen molar-refractivity contribution < 1.29 is 4.74 Å². The quantitative estimate of drug-likeness (QED) is 0.587. The molecule has 0 bridgehead atoms. The number of anilines is 1. The van der Waals surface area contributed by atoms with Crippen molar-refractivity contribution in [1.29, 1.82) is 0 Å². The van der Waals surface area contributed by atoms with E-state index in [0.717, 1.165) is 41.9 Å². The number of pyridine rings is 1. The number of fused-ring (bicyclic) bond motifs is 1. The van der Waals surface area contributed by atoms with Gasteiger partial charge in [0.2, 0.25) is 0 Å². The van der Waals surface area contributed by atoms with Gasteiger partial charge in [0.1, 0.15) is 5.75 Å². The Bertz CT molecular complexity index is 950. The predicted octanol–water partition coefficient (Wildman–Crippen LogP) is 5.14. The number of aryl methyl sites for hydroxylation is 1. The molecule has 1 fully saturated rings. The second kappa shape index (κ2) is 9.27. The van der Waals surface area contributed by atoms with Crippen LogP contribution in [0.3, 0.4) is 0 Å². The monoisotopic (exact) mass is 389 g/mol. The van der Waals surface area contributed by atoms with E-state index < -0.39 is 0 Å². The topological polar surface area (TPSA) is 46.2 Å². The van der Waals surface area contributed by atoms with Gasteiger partial charge in [0.25, 0.3) is 0 Å². The number of ether oxygens (including phenoxy) is 1. The Morgan fingerprint density at radius 3 is 2.76 bits per heavy atom. The Balaban J connectivity index is 1.51. The van der Waals surface area contributed by atoms with Crippen LogP contribution in [-0.2, 0) is 0 Å². The fourth-order valence-corrected chi connectivity index (χ4v) is 4.50. The van der Waals surface area contributed by atoms with Crippen molar-refractivity contribution in [3.8, 4) is 5.75 Å². The van der Waals surface area contributed by atoms with Crippen molar-refractivity contribution in [3.05, 3.63) is 65.9 Å². The molecule has 4 heteroatoms. The van der Waals surface area contributed by atoms with Crippen molar-refractivity contribution in [2.24, 2.45) is 5.92 Å². The minimum Gasteiger partial charge on any atom is -0.493 e. The molecule has 0 amide bonds. The van der Waals surface area contributed by atoms with Crippen LogP contribution in [0.5, 0.6) is 5.75 Å². The lowest BCUT2D eigenvalue weighted by Gasteiger charge is -2.31. The Hall–Kier alpha value is -2.59. The molecule has 1 aliphatic heterocycles. The molecule has 29 heavy (non-hydrogen) atoms. The van der Waals surface area contributed by atoms with Gasteiger partial charge in [-0.05, 0) is 93.1 Å². The first-order chi connectivity index (χ1) is 14.2. The highest BCUT2D eigenvalue weighted by Crippen LogP contribution is 2.35. The number of aromatic nitrogens is 1. The van der Waals surface area contributed by atoms with Gasteiger partial charge in [-0.2, -0.15) is 0 Å². The molecule has 1 saturated heterocycles. The molecule has 1 atom stereocenters. The average molecular weight is 390 g/mol. The number of rotatable bonds is 7. The molecule has 3 aromatic rings. The fourth-order valence-electron chi connectivity index (χ4n) is 4.50. The summed E-state index contributed by atoms with van der Waals surface area (Å²) in [5.41, 5.74) is 4.63. The molecule has 4 nitrogen and oxygen atoms in total. The van der Waals surface area contributed by atoms with E-state index in [9.17, 15) is 0 Å². The van der Waals surface area contributed by atoms with Gasteiger partial charge in [0, 0.05) is 23.8 Å². The van der Waals surface area contributed by atoms with E-state index in [0.29, 0.717) is 18.4 Å². The van der Waals surface area contributed by atoms with Crippen LogP contribution < -0.4 is 15.4 Å². The van der Waals surface area contributed by atoms with Gasteiger partial charge in [0.05, 0.1) is 12.1 Å². The number of piperidine rings is 1. The van der Waals surface area contributed by atoms with E-state index in [1.54, 1.807) is 0 Å². The molecule has 2 aromatic carbocycles. The van der Waals surface area contributed by atoms with Crippen molar-refractivity contribution >= 4 is 16.6 Å². The number of nitrogens with one attached hydrogen (secondary N) is 2. The van der Waals surface area contributed by atoms with Crippen LogP contribution in [0.4, 0.5) is 5.69 Å². The van der Waals surface area contributed by atoms with Crippen molar-refractivity contribution in [2.75, 3.05) is 32.1 Å². The van der Waals surface area contributed by atoms with E-state index in [-0.39, 0.29) is 0 Å². The van der Waals surface area contributed by atoms with Crippen molar-refractivity contribution in [1.82, 2.24) is 10.3 Å². The summed E-state index contributed by atoms with van der Waals surface area (Å²) in [5, 5.41) is 7.87. The number of hydrogen-bond acceptors (Lipinski definition) is 4. The maximum atomic E-state index is 6.29. The first kappa shape index (κ1) is 19.7. The zero-order chi connectivity index (χ0) is 20.1. The minimum absolute atomic E-state index is 0.515. The number of nitrogens with zero attached hydrogens (tertiary/aromatic N) is 1. The van der Waals surface area contributed by atoms with Gasteiger partial charge in [-0.3, -0.25) is 4.98 Å². The normalized spacial score (nSPS) is 15.9. The highest BCUT2D eigenvalue weighted by molar-refractivity contribution is 5.85. The molecule has 2 N–H and O–H groups in total. The fraction of sp³-hybridized carbons (Fsp3) is 0.400. The Morgan fingerprint density at radius 1 is 1.10 bits per heavy atom. The Morgan fingerprint density at radius 2 is 1.93 bits per heavy atom. The number of hydrogen-bond donors (Lipinski definition) is 2. The van der Waals surface area contributed by atoms with Crippen LogP contribution in [-0.4, -0.2) is 31.7 Å². The van der Waals surface area contributed by atoms with Gasteiger partial charge in [0.15, 0.2) is 0 Å². The highest BCUT2D eigenvalue weighted by atomic mass is 16.5. The lowest BCUT2D eigenvalue weighted by Crippen LogP contribution is -2.31. The smallest absolute Gasteiger partial charge is 0.128 e. The lowest BCUT2D eigenvalue weighted by molar-refractivity contribution is 0.249. The molecule has 1 aromatic heterocycles. The Labute approximate surface area is 173 Å². The SMILES string of the molecule is CNc1cccc(C(CCOc2cccc3nc(C)ccc23)C2CCNCC2)c1. The molecule has 0 aliphatic carbocycles. The second-order valence-electron chi connectivity index (χ2n) is 7.98. The molecular weight excluding hydrogens is 358 g/mol. The molecule has 1 unspecified atom stereocenters. The minimum atomic E-state index is 0.515. The van der Waals surface area contributed by atoms with Crippen LogP contribution in [0.15, 0.2) is 54.6 Å². The summed E-state index contributed by atoms with van der Waals surface area (Å²) < 4.78 is 6.29. The summed E-state index contributed by atoms with van der Waals surface area (Å²) in [6.07, 6.45) is 3.48. The molecule has 0 saturated carbocycles. The molecular formula is C25H31N3O. The molecule has 4 rings (SSSR count). The first-order valence-electron chi connectivity index (χ1n) is 10.7. The predicted molar refractivity (Wildman–Crippen MR) is 121 cm³/mol. The van der Waals surface area contributed by atoms with Gasteiger partial charge in [-0.1, -0.05) is 18.2 Å². The molecule has 2 heterocycles. The molecule has 152 valence electrons. The van der Waals surface area contributed by atoms with Gasteiger partial charge < -0.3 is 15.4 Å². The average Bonchev–Trinajstić information content (AvgIpc) is 2.77. The van der Waals surface area contributed by atoms with Crippen LogP contribution in [0.1, 0.15) is 36.4 Å². The second-order valence-corrected chi connectivity index (χ2v) is 7.98. The third-order valence-corrected chi connectivity index (χ3v) is 6.07. The summed E-state index contributed by atoms with van der Waals surface area (Å²) in [6, 6.07) is 19.2. The van der Waals surface area contributed by atoms with E-state index in [2.05, 4.69) is 64.1 Å². The van der Waals surface area contributed by atoms with E-state index in [1.807, 2.05) is 20.0 Å². The third kappa shape index (κ3) is 4.70. The van der Waals surface area contributed by atoms with E-state index in [4.69, 9.17) is 4.74 Å². The van der Waals surface area contributed by atoms with Crippen molar-refractivity contribution in [2.45, 2.75) is 32.1 Å².